The number of nitrogens with zero attached hydrogens (tertiary/aromatic N) is 2. The molecule has 0 atom stereocenters. The molecule has 19 heavy (non-hydrogen) atoms. The van der Waals surface area contributed by atoms with Gasteiger partial charge < -0.3 is 10.9 Å². The Hall–Kier alpha value is -1.64. The van der Waals surface area contributed by atoms with E-state index < -0.39 is 10.2 Å². The molecule has 0 aliphatic heterocycles. The summed E-state index contributed by atoms with van der Waals surface area (Å²) < 4.78 is 27.1. The maximum Gasteiger partial charge on any atom is 0.279 e. The summed E-state index contributed by atoms with van der Waals surface area (Å²) in [7, 11) is -1.99. The van der Waals surface area contributed by atoms with Gasteiger partial charge in [-0.2, -0.15) is 12.7 Å². The molecule has 0 spiro atoms. The van der Waals surface area contributed by atoms with E-state index in [2.05, 4.69) is 9.88 Å². The smallest absolute Gasteiger partial charge is 0.279 e. The Morgan fingerprint density at radius 1 is 1.53 bits per heavy atom. The molecule has 0 aromatic heterocycles. The van der Waals surface area contributed by atoms with Crippen molar-refractivity contribution >= 4 is 16.0 Å². The molecule has 0 heterocycles. The molecule has 7 nitrogen and oxygen atoms in total. The van der Waals surface area contributed by atoms with Crippen molar-refractivity contribution in [2.45, 2.75) is 13.5 Å². The van der Waals surface area contributed by atoms with Gasteiger partial charge in [0.15, 0.2) is 5.84 Å². The molecule has 0 radical (unpaired) electrons. The van der Waals surface area contributed by atoms with Gasteiger partial charge in [-0.3, -0.25) is 0 Å². The lowest BCUT2D eigenvalue weighted by Gasteiger charge is -2.17. The standard InChI is InChI=1S/C11H18N4O3S/c1-3-13-19(17,18)15(2)8-9-5-4-6-10(7-9)11(12)14-16/h4-7,13,16H,3,8H2,1-2H3,(H2,12,14). The lowest BCUT2D eigenvalue weighted by Crippen LogP contribution is -2.37. The molecule has 0 fully saturated rings. The van der Waals surface area contributed by atoms with Crippen molar-refractivity contribution in [3.63, 3.8) is 0 Å². The van der Waals surface area contributed by atoms with Crippen LogP contribution >= 0.6 is 0 Å². The van der Waals surface area contributed by atoms with E-state index in [-0.39, 0.29) is 12.4 Å². The van der Waals surface area contributed by atoms with Crippen LogP contribution in [0.2, 0.25) is 0 Å². The molecule has 0 aliphatic carbocycles. The fourth-order valence-electron chi connectivity index (χ4n) is 1.52. The first kappa shape index (κ1) is 15.4. The highest BCUT2D eigenvalue weighted by molar-refractivity contribution is 7.87. The van der Waals surface area contributed by atoms with Crippen molar-refractivity contribution < 1.29 is 13.6 Å². The van der Waals surface area contributed by atoms with Crippen molar-refractivity contribution in [2.24, 2.45) is 10.9 Å². The number of nitrogens with two attached hydrogens (primary N) is 1. The molecule has 0 saturated heterocycles. The van der Waals surface area contributed by atoms with E-state index in [1.807, 2.05) is 0 Å². The summed E-state index contributed by atoms with van der Waals surface area (Å²) in [6.45, 7) is 2.24. The van der Waals surface area contributed by atoms with Gasteiger partial charge in [0.05, 0.1) is 0 Å². The number of oxime groups is 1. The molecule has 1 aromatic carbocycles. The quantitative estimate of drug-likeness (QED) is 0.297. The zero-order valence-corrected chi connectivity index (χ0v) is 11.7. The Morgan fingerprint density at radius 2 is 2.21 bits per heavy atom. The van der Waals surface area contributed by atoms with Gasteiger partial charge in [0.25, 0.3) is 10.2 Å². The van der Waals surface area contributed by atoms with Crippen molar-refractivity contribution in [1.82, 2.24) is 9.03 Å². The molecule has 0 unspecified atom stereocenters. The highest BCUT2D eigenvalue weighted by Gasteiger charge is 2.16. The van der Waals surface area contributed by atoms with E-state index in [9.17, 15) is 8.42 Å². The van der Waals surface area contributed by atoms with Crippen LogP contribution in [0.25, 0.3) is 0 Å². The molecular formula is C11H18N4O3S. The van der Waals surface area contributed by atoms with Crippen LogP contribution in [0, 0.1) is 0 Å². The van der Waals surface area contributed by atoms with Gasteiger partial charge >= 0.3 is 0 Å². The maximum atomic E-state index is 11.7. The van der Waals surface area contributed by atoms with Crippen LogP contribution < -0.4 is 10.5 Å². The minimum atomic E-state index is -3.47. The zero-order valence-electron chi connectivity index (χ0n) is 10.9. The topological polar surface area (TPSA) is 108 Å². The second kappa shape index (κ2) is 6.50. The summed E-state index contributed by atoms with van der Waals surface area (Å²) in [4.78, 5) is 0. The summed E-state index contributed by atoms with van der Waals surface area (Å²) in [5.74, 6) is -0.0148. The summed E-state index contributed by atoms with van der Waals surface area (Å²) in [5, 5.41) is 11.5. The van der Waals surface area contributed by atoms with E-state index in [0.717, 1.165) is 5.56 Å². The molecule has 0 saturated carbocycles. The summed E-state index contributed by atoms with van der Waals surface area (Å²) >= 11 is 0. The van der Waals surface area contributed by atoms with Gasteiger partial charge in [-0.1, -0.05) is 30.3 Å². The van der Waals surface area contributed by atoms with Gasteiger partial charge in [-0.15, -0.1) is 0 Å². The highest BCUT2D eigenvalue weighted by atomic mass is 32.2. The number of hydrogen-bond acceptors (Lipinski definition) is 4. The second-order valence-electron chi connectivity index (χ2n) is 3.94. The lowest BCUT2D eigenvalue weighted by molar-refractivity contribution is 0.318. The van der Waals surface area contributed by atoms with Crippen LogP contribution in [0.1, 0.15) is 18.1 Å². The van der Waals surface area contributed by atoms with E-state index >= 15 is 0 Å². The summed E-state index contributed by atoms with van der Waals surface area (Å²) in [6, 6.07) is 6.84. The van der Waals surface area contributed by atoms with E-state index in [4.69, 9.17) is 10.9 Å². The molecule has 8 heteroatoms. The van der Waals surface area contributed by atoms with Crippen LogP contribution in [0.15, 0.2) is 29.4 Å². The van der Waals surface area contributed by atoms with Crippen LogP contribution in [0.5, 0.6) is 0 Å². The molecule has 0 bridgehead atoms. The van der Waals surface area contributed by atoms with Gasteiger partial charge in [0.1, 0.15) is 0 Å². The predicted molar refractivity (Wildman–Crippen MR) is 73.0 cm³/mol. The predicted octanol–water partition coefficient (Wildman–Crippen LogP) is 0.0672. The number of nitrogens with one attached hydrogen (secondary N) is 1. The van der Waals surface area contributed by atoms with Gasteiger partial charge in [0, 0.05) is 25.7 Å². The molecule has 4 N–H and O–H groups in total. The number of hydrogen-bond donors (Lipinski definition) is 3. The fraction of sp³-hybridized carbons (Fsp3) is 0.364. The largest absolute Gasteiger partial charge is 0.409 e. The Balaban J connectivity index is 2.89. The van der Waals surface area contributed by atoms with Crippen LogP contribution in [0.4, 0.5) is 0 Å². The van der Waals surface area contributed by atoms with Gasteiger partial charge in [-0.05, 0) is 11.6 Å². The van der Waals surface area contributed by atoms with Crippen LogP contribution in [-0.2, 0) is 16.8 Å². The number of amidine groups is 1. The molecule has 1 rings (SSSR count). The molecule has 106 valence electrons. The minimum absolute atomic E-state index is 0.0148. The Labute approximate surface area is 112 Å². The third kappa shape index (κ3) is 4.19. The maximum absolute atomic E-state index is 11.7. The Morgan fingerprint density at radius 3 is 2.79 bits per heavy atom. The summed E-state index contributed by atoms with van der Waals surface area (Å²) in [6.07, 6.45) is 0. The van der Waals surface area contributed by atoms with Gasteiger partial charge in [-0.25, -0.2) is 4.72 Å². The lowest BCUT2D eigenvalue weighted by atomic mass is 10.1. The fourth-order valence-corrected chi connectivity index (χ4v) is 2.43. The first-order valence-electron chi connectivity index (χ1n) is 5.68. The highest BCUT2D eigenvalue weighted by Crippen LogP contribution is 2.09. The molecule has 0 aliphatic rings. The van der Waals surface area contributed by atoms with E-state index in [1.54, 1.807) is 31.2 Å². The third-order valence-electron chi connectivity index (χ3n) is 2.47. The Bertz CT molecular complexity index is 557. The van der Waals surface area contributed by atoms with Crippen LogP contribution in [0.3, 0.4) is 0 Å². The first-order valence-corrected chi connectivity index (χ1v) is 7.12. The molecular weight excluding hydrogens is 268 g/mol. The number of benzene rings is 1. The monoisotopic (exact) mass is 286 g/mol. The average Bonchev–Trinajstić information content (AvgIpc) is 2.38. The van der Waals surface area contributed by atoms with E-state index in [1.165, 1.54) is 11.4 Å². The second-order valence-corrected chi connectivity index (χ2v) is 5.81. The first-order chi connectivity index (χ1) is 8.90. The van der Waals surface area contributed by atoms with Crippen molar-refractivity contribution in [3.05, 3.63) is 35.4 Å². The molecule has 1 aromatic rings. The van der Waals surface area contributed by atoms with Crippen molar-refractivity contribution in [2.75, 3.05) is 13.6 Å². The number of rotatable bonds is 6. The van der Waals surface area contributed by atoms with Crippen LogP contribution in [-0.4, -0.2) is 37.4 Å². The van der Waals surface area contributed by atoms with Gasteiger partial charge in [0.2, 0.25) is 0 Å². The summed E-state index contributed by atoms with van der Waals surface area (Å²) in [5.41, 5.74) is 6.76. The van der Waals surface area contributed by atoms with Crippen molar-refractivity contribution in [1.29, 1.82) is 0 Å². The minimum Gasteiger partial charge on any atom is -0.409 e. The zero-order chi connectivity index (χ0) is 14.5. The third-order valence-corrected chi connectivity index (χ3v) is 4.08. The average molecular weight is 286 g/mol. The Kier molecular flexibility index (Phi) is 5.28. The SMILES string of the molecule is CCNS(=O)(=O)N(C)Cc1cccc(/C(N)=N/O)c1. The molecule has 0 amide bonds. The van der Waals surface area contributed by atoms with E-state index in [0.29, 0.717) is 12.1 Å². The normalized spacial score (nSPS) is 12.9. The van der Waals surface area contributed by atoms with Crippen molar-refractivity contribution in [3.8, 4) is 0 Å².